The minimum Gasteiger partial charge on any atom is -0.311 e. The van der Waals surface area contributed by atoms with E-state index in [1.54, 1.807) is 0 Å². The molecule has 0 unspecified atom stereocenters. The van der Waals surface area contributed by atoms with E-state index in [-0.39, 0.29) is 6.71 Å². The number of rotatable bonds is 10. The van der Waals surface area contributed by atoms with Crippen LogP contribution in [-0.4, -0.2) is 15.8 Å². The standard InChI is InChI=1S/C91H58BN5/c93-59-60-45-47-85(96-81-39-19-13-33-73(81)74-34-14-20-40-82(74)96)77(49-60)75-35-15-21-41-83(75)97-84-42-22-16-36-76(84)78-56-65(46-48-86(78)97)70-57-89-91-90(58-70)95(72-54-68(63-29-9-3-10-30-63)51-69(55-72)64-31-11-4-12-32-64)88-44-24-18-38-80(88)92(91)79-37-17-23-43-87(79)94(89)71-52-66(61-25-5-1-6-26-61)50-67(53-71)62-27-7-2-8-28-62/h1-58H. The lowest BCUT2D eigenvalue weighted by Crippen LogP contribution is -2.61. The maximum Gasteiger partial charge on any atom is 0.252 e. The molecule has 6 heteroatoms. The predicted molar refractivity (Wildman–Crippen MR) is 406 cm³/mol. The molecule has 0 bridgehead atoms. The van der Waals surface area contributed by atoms with Gasteiger partial charge in [-0.05, 0) is 187 Å². The zero-order chi connectivity index (χ0) is 64.1. The van der Waals surface area contributed by atoms with Crippen LogP contribution in [0.2, 0.25) is 0 Å². The Morgan fingerprint density at radius 3 is 1.07 bits per heavy atom. The fraction of sp³-hybridized carbons (Fsp3) is 0. The molecule has 0 saturated carbocycles. The summed E-state index contributed by atoms with van der Waals surface area (Å²) in [4.78, 5) is 5.12. The highest BCUT2D eigenvalue weighted by atomic mass is 15.2. The molecule has 2 aromatic heterocycles. The van der Waals surface area contributed by atoms with Crippen LogP contribution >= 0.6 is 0 Å². The van der Waals surface area contributed by atoms with Crippen LogP contribution in [0, 0.1) is 11.3 Å². The minimum absolute atomic E-state index is 0.0967. The molecule has 0 saturated heterocycles. The van der Waals surface area contributed by atoms with Gasteiger partial charge in [0.05, 0.1) is 45.1 Å². The quantitative estimate of drug-likeness (QED) is 0.128. The van der Waals surface area contributed by atoms with E-state index < -0.39 is 0 Å². The van der Waals surface area contributed by atoms with Crippen LogP contribution in [0.15, 0.2) is 352 Å². The van der Waals surface area contributed by atoms with Crippen LogP contribution in [0.4, 0.5) is 34.1 Å². The second-order valence-electron chi connectivity index (χ2n) is 25.5. The number of hydrogen-bond donors (Lipinski definition) is 0. The summed E-state index contributed by atoms with van der Waals surface area (Å²) in [7, 11) is 0. The van der Waals surface area contributed by atoms with Crippen LogP contribution in [0.5, 0.6) is 0 Å². The summed E-state index contributed by atoms with van der Waals surface area (Å²) in [6, 6.07) is 131. The van der Waals surface area contributed by atoms with Crippen LogP contribution in [0.25, 0.3) is 122 Å². The molecule has 4 heterocycles. The van der Waals surface area contributed by atoms with Crippen molar-refractivity contribution in [1.29, 1.82) is 5.26 Å². The Balaban J connectivity index is 0.868. The third-order valence-electron chi connectivity index (χ3n) is 20.1. The third kappa shape index (κ3) is 9.09. The minimum atomic E-state index is -0.0967. The summed E-state index contributed by atoms with van der Waals surface area (Å²) in [5.41, 5.74) is 30.8. The van der Waals surface area contributed by atoms with Crippen molar-refractivity contribution in [3.63, 3.8) is 0 Å². The Labute approximate surface area is 563 Å². The summed E-state index contributed by atoms with van der Waals surface area (Å²) in [5.74, 6) is 0. The second kappa shape index (κ2) is 22.7. The fourth-order valence-electron chi connectivity index (χ4n) is 15.8. The number of anilines is 6. The number of nitrogens with zero attached hydrogens (tertiary/aromatic N) is 5. The normalized spacial score (nSPS) is 12.3. The molecule has 5 nitrogen and oxygen atoms in total. The first-order valence-electron chi connectivity index (χ1n) is 33.2. The first-order chi connectivity index (χ1) is 48.1. The third-order valence-corrected chi connectivity index (χ3v) is 20.1. The van der Waals surface area contributed by atoms with E-state index in [1.807, 2.05) is 6.07 Å². The molecule has 0 fully saturated rings. The van der Waals surface area contributed by atoms with E-state index in [9.17, 15) is 5.26 Å². The maximum atomic E-state index is 10.6. The monoisotopic (exact) mass is 1230 g/mol. The van der Waals surface area contributed by atoms with Gasteiger partial charge in [-0.1, -0.05) is 237 Å². The Bertz CT molecular complexity index is 5680. The number of aromatic nitrogens is 2. The summed E-state index contributed by atoms with van der Waals surface area (Å²) >= 11 is 0. The van der Waals surface area contributed by atoms with E-state index in [0.29, 0.717) is 5.56 Å². The molecule has 0 N–H and O–H groups in total. The van der Waals surface area contributed by atoms with Gasteiger partial charge in [0.1, 0.15) is 0 Å². The van der Waals surface area contributed by atoms with E-state index in [0.717, 1.165) is 145 Å². The van der Waals surface area contributed by atoms with Crippen molar-refractivity contribution in [2.24, 2.45) is 0 Å². The van der Waals surface area contributed by atoms with Crippen LogP contribution in [0.1, 0.15) is 5.56 Å². The summed E-state index contributed by atoms with van der Waals surface area (Å²) < 4.78 is 4.80. The Morgan fingerprint density at radius 2 is 0.608 bits per heavy atom. The van der Waals surface area contributed by atoms with Gasteiger partial charge in [0, 0.05) is 66.8 Å². The summed E-state index contributed by atoms with van der Waals surface area (Å²) in [6.07, 6.45) is 0. The van der Waals surface area contributed by atoms with Gasteiger partial charge in [0.2, 0.25) is 0 Å². The number of benzene rings is 15. The molecule has 2 aliphatic rings. The summed E-state index contributed by atoms with van der Waals surface area (Å²) in [6.45, 7) is -0.0967. The molecule has 450 valence electrons. The van der Waals surface area contributed by atoms with Gasteiger partial charge in [-0.25, -0.2) is 0 Å². The molecule has 0 amide bonds. The summed E-state index contributed by atoms with van der Waals surface area (Å²) in [5, 5.41) is 15.3. The van der Waals surface area contributed by atoms with Crippen LogP contribution < -0.4 is 26.2 Å². The number of para-hydroxylation sites is 6. The number of nitriles is 1. The van der Waals surface area contributed by atoms with Gasteiger partial charge < -0.3 is 18.9 Å². The van der Waals surface area contributed by atoms with Gasteiger partial charge in [-0.15, -0.1) is 0 Å². The molecule has 17 aromatic rings. The lowest BCUT2D eigenvalue weighted by atomic mass is 9.33. The predicted octanol–water partition coefficient (Wildman–Crippen LogP) is 21.8. The zero-order valence-corrected chi connectivity index (χ0v) is 52.8. The highest BCUT2D eigenvalue weighted by Gasteiger charge is 2.44. The van der Waals surface area contributed by atoms with Crippen molar-refractivity contribution in [2.75, 3.05) is 9.80 Å². The van der Waals surface area contributed by atoms with Crippen molar-refractivity contribution < 1.29 is 0 Å². The van der Waals surface area contributed by atoms with Gasteiger partial charge in [-0.2, -0.15) is 5.26 Å². The van der Waals surface area contributed by atoms with Crippen molar-refractivity contribution >= 4 is 101 Å². The first-order valence-corrected chi connectivity index (χ1v) is 33.2. The van der Waals surface area contributed by atoms with E-state index in [1.165, 1.54) is 27.2 Å². The van der Waals surface area contributed by atoms with E-state index in [4.69, 9.17) is 0 Å². The molecule has 97 heavy (non-hydrogen) atoms. The van der Waals surface area contributed by atoms with Crippen molar-refractivity contribution in [3.8, 4) is 84.2 Å². The smallest absolute Gasteiger partial charge is 0.252 e. The topological polar surface area (TPSA) is 40.1 Å². The number of fused-ring (bicyclic) bond motifs is 10. The molecular weight excluding hydrogens is 1170 g/mol. The zero-order valence-electron chi connectivity index (χ0n) is 52.8. The highest BCUT2D eigenvalue weighted by Crippen LogP contribution is 2.50. The number of hydrogen-bond acceptors (Lipinski definition) is 3. The van der Waals surface area contributed by atoms with E-state index in [2.05, 4.69) is 371 Å². The molecule has 0 atom stereocenters. The molecule has 15 aromatic carbocycles. The first kappa shape index (κ1) is 55.7. The lowest BCUT2D eigenvalue weighted by Gasteiger charge is -2.44. The Hall–Kier alpha value is -12.9. The van der Waals surface area contributed by atoms with Gasteiger partial charge in [0.25, 0.3) is 6.71 Å². The van der Waals surface area contributed by atoms with Crippen LogP contribution in [0.3, 0.4) is 0 Å². The molecule has 19 rings (SSSR count). The van der Waals surface area contributed by atoms with E-state index >= 15 is 0 Å². The second-order valence-corrected chi connectivity index (χ2v) is 25.5. The molecule has 2 aliphatic heterocycles. The average Bonchev–Trinajstić information content (AvgIpc) is 1.09. The highest BCUT2D eigenvalue weighted by molar-refractivity contribution is 7.00. The van der Waals surface area contributed by atoms with Gasteiger partial charge >= 0.3 is 0 Å². The maximum absolute atomic E-state index is 10.6. The fourth-order valence-corrected chi connectivity index (χ4v) is 15.8. The molecule has 0 radical (unpaired) electrons. The molecule has 0 aliphatic carbocycles. The Kier molecular flexibility index (Phi) is 13.0. The largest absolute Gasteiger partial charge is 0.311 e. The van der Waals surface area contributed by atoms with Gasteiger partial charge in [-0.3, -0.25) is 0 Å². The lowest BCUT2D eigenvalue weighted by molar-refractivity contribution is 1.16. The van der Waals surface area contributed by atoms with Crippen molar-refractivity contribution in [1.82, 2.24) is 9.13 Å². The molecule has 0 spiro atoms. The van der Waals surface area contributed by atoms with Crippen LogP contribution in [-0.2, 0) is 0 Å². The van der Waals surface area contributed by atoms with Gasteiger partial charge in [0.15, 0.2) is 0 Å². The molecular formula is C91H58BN5. The van der Waals surface area contributed by atoms with Crippen molar-refractivity contribution in [3.05, 3.63) is 357 Å². The van der Waals surface area contributed by atoms with Crippen molar-refractivity contribution in [2.45, 2.75) is 0 Å². The SMILES string of the molecule is N#Cc1ccc(-n2c3ccccc3c3ccccc32)c(-c2ccccc2-n2c3ccccc3c3cc(-c4cc5c6c(c4)N(c4cc(-c7ccccc7)cc(-c7ccccc7)c4)c4ccccc4B6c4ccccc4N5c4cc(-c5ccccc5)cc(-c5ccccc5)c4)ccc32)c1. The Morgan fingerprint density at radius 1 is 0.237 bits per heavy atom. The average molecular weight is 1230 g/mol.